The number of rotatable bonds is 4. The third kappa shape index (κ3) is 2.82. The van der Waals surface area contributed by atoms with Gasteiger partial charge >= 0.3 is 0 Å². The van der Waals surface area contributed by atoms with Gasteiger partial charge in [0.15, 0.2) is 0 Å². The highest BCUT2D eigenvalue weighted by Gasteiger charge is 2.58. The number of carbonyl (C=O) groups excluding carboxylic acids is 1. The maximum Gasteiger partial charge on any atom is 0.249 e. The van der Waals surface area contributed by atoms with Crippen molar-refractivity contribution in [3.63, 3.8) is 0 Å². The van der Waals surface area contributed by atoms with E-state index in [-0.39, 0.29) is 47.6 Å². The Balaban J connectivity index is 0.00000200. The van der Waals surface area contributed by atoms with E-state index >= 15 is 0 Å². The molecule has 6 heteroatoms. The van der Waals surface area contributed by atoms with Gasteiger partial charge in [-0.3, -0.25) is 4.79 Å². The molecule has 2 aliphatic rings. The fraction of sp³-hybridized carbons (Fsp3) is 0.929. The maximum atomic E-state index is 12.2. The molecule has 118 valence electrons. The SMILES string of the molecule is COC1(C)CC(NC(=O)[C@@H]2CC[C@H](CN)O2)C1(C)C.Cl. The fourth-order valence-electron chi connectivity index (χ4n) is 3.06. The van der Waals surface area contributed by atoms with E-state index in [1.165, 1.54) is 0 Å². The minimum atomic E-state index is -0.334. The molecule has 0 radical (unpaired) electrons. The molecule has 2 rings (SSSR count). The zero-order chi connectivity index (χ0) is 14.3. The predicted molar refractivity (Wildman–Crippen MR) is 79.9 cm³/mol. The monoisotopic (exact) mass is 306 g/mol. The summed E-state index contributed by atoms with van der Waals surface area (Å²) in [5.74, 6) is -0.00724. The Hall–Kier alpha value is -0.360. The van der Waals surface area contributed by atoms with Crippen LogP contribution in [0.25, 0.3) is 0 Å². The molecule has 0 aromatic carbocycles. The molecule has 1 aliphatic heterocycles. The summed E-state index contributed by atoms with van der Waals surface area (Å²) in [6.07, 6.45) is 2.18. The second-order valence-corrected chi connectivity index (χ2v) is 6.48. The number of nitrogens with one attached hydrogen (secondary N) is 1. The fourth-order valence-corrected chi connectivity index (χ4v) is 3.06. The number of nitrogens with two attached hydrogens (primary N) is 1. The van der Waals surface area contributed by atoms with E-state index in [0.29, 0.717) is 6.54 Å². The Bertz CT molecular complexity index is 364. The molecule has 0 spiro atoms. The van der Waals surface area contributed by atoms with Crippen molar-refractivity contribution in [3.8, 4) is 0 Å². The van der Waals surface area contributed by atoms with Gasteiger partial charge in [0.25, 0.3) is 0 Å². The summed E-state index contributed by atoms with van der Waals surface area (Å²) >= 11 is 0. The van der Waals surface area contributed by atoms with Crippen molar-refractivity contribution in [2.45, 2.75) is 63.9 Å². The van der Waals surface area contributed by atoms with E-state index < -0.39 is 0 Å². The van der Waals surface area contributed by atoms with Crippen molar-refractivity contribution in [3.05, 3.63) is 0 Å². The molecule has 0 aromatic heterocycles. The third-order valence-electron chi connectivity index (χ3n) is 5.26. The number of amides is 1. The zero-order valence-electron chi connectivity index (χ0n) is 12.8. The summed E-state index contributed by atoms with van der Waals surface area (Å²) < 4.78 is 11.2. The highest BCUT2D eigenvalue weighted by Crippen LogP contribution is 2.51. The first-order valence-electron chi connectivity index (χ1n) is 7.05. The number of halogens is 1. The molecule has 0 bridgehead atoms. The van der Waals surface area contributed by atoms with Gasteiger partial charge in [-0.15, -0.1) is 12.4 Å². The Labute approximate surface area is 127 Å². The molecule has 1 heterocycles. The number of hydrogen-bond acceptors (Lipinski definition) is 4. The van der Waals surface area contributed by atoms with E-state index in [0.717, 1.165) is 19.3 Å². The molecular formula is C14H27ClN2O3. The average Bonchev–Trinajstić information content (AvgIpc) is 2.86. The lowest BCUT2D eigenvalue weighted by atomic mass is 9.56. The highest BCUT2D eigenvalue weighted by atomic mass is 35.5. The summed E-state index contributed by atoms with van der Waals surface area (Å²) in [5, 5.41) is 3.10. The average molecular weight is 307 g/mol. The van der Waals surface area contributed by atoms with Crippen LogP contribution >= 0.6 is 12.4 Å². The van der Waals surface area contributed by atoms with E-state index in [2.05, 4.69) is 26.1 Å². The lowest BCUT2D eigenvalue weighted by Crippen LogP contribution is -2.69. The Kier molecular flexibility index (Phi) is 5.46. The van der Waals surface area contributed by atoms with Crippen molar-refractivity contribution < 1.29 is 14.3 Å². The Morgan fingerprint density at radius 1 is 1.40 bits per heavy atom. The Morgan fingerprint density at radius 3 is 2.50 bits per heavy atom. The third-order valence-corrected chi connectivity index (χ3v) is 5.26. The van der Waals surface area contributed by atoms with Crippen molar-refractivity contribution in [1.82, 2.24) is 5.32 Å². The largest absolute Gasteiger partial charge is 0.378 e. The molecule has 1 saturated carbocycles. The van der Waals surface area contributed by atoms with Gasteiger partial charge in [-0.25, -0.2) is 0 Å². The normalized spacial score (nSPS) is 38.8. The molecule has 1 amide bonds. The smallest absolute Gasteiger partial charge is 0.249 e. The molecule has 0 aromatic rings. The van der Waals surface area contributed by atoms with Crippen LogP contribution in [0.3, 0.4) is 0 Å². The first-order valence-corrected chi connectivity index (χ1v) is 7.05. The van der Waals surface area contributed by atoms with Crippen LogP contribution in [-0.4, -0.2) is 43.4 Å². The number of carbonyl (C=O) groups is 1. The lowest BCUT2D eigenvalue weighted by Gasteiger charge is -2.59. The van der Waals surface area contributed by atoms with Gasteiger partial charge in [0.1, 0.15) is 6.10 Å². The van der Waals surface area contributed by atoms with Gasteiger partial charge in [-0.1, -0.05) is 13.8 Å². The molecule has 20 heavy (non-hydrogen) atoms. The second kappa shape index (κ2) is 6.18. The maximum absolute atomic E-state index is 12.2. The van der Waals surface area contributed by atoms with Crippen LogP contribution in [-0.2, 0) is 14.3 Å². The van der Waals surface area contributed by atoms with Crippen LogP contribution in [0, 0.1) is 5.41 Å². The van der Waals surface area contributed by atoms with Crippen molar-refractivity contribution in [2.75, 3.05) is 13.7 Å². The Morgan fingerprint density at radius 2 is 2.05 bits per heavy atom. The molecule has 2 fully saturated rings. The molecular weight excluding hydrogens is 280 g/mol. The summed E-state index contributed by atoms with van der Waals surface area (Å²) in [6, 6.07) is 0.144. The minimum Gasteiger partial charge on any atom is -0.378 e. The van der Waals surface area contributed by atoms with Gasteiger partial charge < -0.3 is 20.5 Å². The first kappa shape index (κ1) is 17.7. The van der Waals surface area contributed by atoms with E-state index in [1.54, 1.807) is 7.11 Å². The summed E-state index contributed by atoms with van der Waals surface area (Å²) in [4.78, 5) is 12.2. The summed E-state index contributed by atoms with van der Waals surface area (Å²) in [5.41, 5.74) is 5.33. The molecule has 1 saturated heterocycles. The molecule has 1 aliphatic carbocycles. The van der Waals surface area contributed by atoms with E-state index in [4.69, 9.17) is 15.2 Å². The van der Waals surface area contributed by atoms with Gasteiger partial charge in [0.2, 0.25) is 5.91 Å². The van der Waals surface area contributed by atoms with Crippen LogP contribution in [0.1, 0.15) is 40.0 Å². The number of hydrogen-bond donors (Lipinski definition) is 2. The van der Waals surface area contributed by atoms with Gasteiger partial charge in [0.05, 0.1) is 11.7 Å². The highest BCUT2D eigenvalue weighted by molar-refractivity contribution is 5.85. The van der Waals surface area contributed by atoms with Crippen LogP contribution in [0.2, 0.25) is 0 Å². The predicted octanol–water partition coefficient (Wildman–Crippen LogP) is 1.23. The van der Waals surface area contributed by atoms with Crippen LogP contribution in [0.4, 0.5) is 0 Å². The minimum absolute atomic E-state index is 0. The summed E-state index contributed by atoms with van der Waals surface area (Å²) in [6.45, 7) is 6.83. The molecule has 5 nitrogen and oxygen atoms in total. The van der Waals surface area contributed by atoms with Crippen molar-refractivity contribution >= 4 is 18.3 Å². The quantitative estimate of drug-likeness (QED) is 0.819. The standard InChI is InChI=1S/C14H26N2O3.ClH/c1-13(2)11(7-14(13,3)18-4)16-12(17)10-6-5-9(8-15)19-10;/h9-11H,5-8,15H2,1-4H3,(H,16,17);1H/t9-,10+,11?,14?;/m1./s1. The van der Waals surface area contributed by atoms with E-state index in [1.807, 2.05) is 0 Å². The topological polar surface area (TPSA) is 73.6 Å². The van der Waals surface area contributed by atoms with Crippen LogP contribution in [0.5, 0.6) is 0 Å². The second-order valence-electron chi connectivity index (χ2n) is 6.48. The van der Waals surface area contributed by atoms with Crippen LogP contribution in [0.15, 0.2) is 0 Å². The lowest BCUT2D eigenvalue weighted by molar-refractivity contribution is -0.184. The zero-order valence-corrected chi connectivity index (χ0v) is 13.6. The van der Waals surface area contributed by atoms with Crippen LogP contribution < -0.4 is 11.1 Å². The molecule has 4 atom stereocenters. The number of ether oxygens (including phenoxy) is 2. The molecule has 3 N–H and O–H groups in total. The van der Waals surface area contributed by atoms with E-state index in [9.17, 15) is 4.79 Å². The van der Waals surface area contributed by atoms with Crippen molar-refractivity contribution in [1.29, 1.82) is 0 Å². The summed E-state index contributed by atoms with van der Waals surface area (Å²) in [7, 11) is 1.73. The van der Waals surface area contributed by atoms with Gasteiger partial charge in [-0.05, 0) is 26.2 Å². The van der Waals surface area contributed by atoms with Gasteiger partial charge in [0, 0.05) is 25.1 Å². The van der Waals surface area contributed by atoms with Gasteiger partial charge in [-0.2, -0.15) is 0 Å². The van der Waals surface area contributed by atoms with Crippen molar-refractivity contribution in [2.24, 2.45) is 11.1 Å². The number of methoxy groups -OCH3 is 1. The molecule has 2 unspecified atom stereocenters. The first-order chi connectivity index (χ1) is 8.84.